The van der Waals surface area contributed by atoms with Crippen molar-refractivity contribution in [2.45, 2.75) is 20.8 Å². The van der Waals surface area contributed by atoms with E-state index in [1.54, 1.807) is 12.1 Å². The molecule has 0 fully saturated rings. The fourth-order valence-corrected chi connectivity index (χ4v) is 2.13. The number of rotatable bonds is 7. The Morgan fingerprint density at radius 3 is 2.00 bits per heavy atom. The summed E-state index contributed by atoms with van der Waals surface area (Å²) in [6.07, 6.45) is 0. The Hall–Kier alpha value is -2.04. The van der Waals surface area contributed by atoms with Gasteiger partial charge in [0.2, 0.25) is 0 Å². The van der Waals surface area contributed by atoms with Gasteiger partial charge in [0, 0.05) is 30.9 Å². The molecule has 5 heteroatoms. The first-order valence-electron chi connectivity index (χ1n) is 7.28. The SMILES string of the molecule is CCN(CC(=O)OC)C(=O)c1ccc(N(CC)CC)cc1. The van der Waals surface area contributed by atoms with E-state index in [4.69, 9.17) is 0 Å². The molecule has 0 bridgehead atoms. The van der Waals surface area contributed by atoms with Crippen molar-refractivity contribution in [2.24, 2.45) is 0 Å². The zero-order valence-electron chi connectivity index (χ0n) is 13.3. The molecule has 0 radical (unpaired) electrons. The van der Waals surface area contributed by atoms with Crippen molar-refractivity contribution in [3.05, 3.63) is 29.8 Å². The van der Waals surface area contributed by atoms with E-state index in [-0.39, 0.29) is 12.5 Å². The van der Waals surface area contributed by atoms with E-state index in [2.05, 4.69) is 23.5 Å². The lowest BCUT2D eigenvalue weighted by molar-refractivity contribution is -0.141. The maximum atomic E-state index is 12.4. The predicted molar refractivity (Wildman–Crippen MR) is 83.6 cm³/mol. The first kappa shape index (κ1) is 17.0. The zero-order chi connectivity index (χ0) is 15.8. The molecule has 0 spiro atoms. The Morgan fingerprint density at radius 2 is 1.57 bits per heavy atom. The molecular formula is C16H24N2O3. The van der Waals surface area contributed by atoms with Crippen molar-refractivity contribution in [1.29, 1.82) is 0 Å². The molecule has 0 saturated carbocycles. The number of amides is 1. The lowest BCUT2D eigenvalue weighted by Crippen LogP contribution is -2.36. The predicted octanol–water partition coefficient (Wildman–Crippen LogP) is 2.17. The topological polar surface area (TPSA) is 49.9 Å². The summed E-state index contributed by atoms with van der Waals surface area (Å²) in [5, 5.41) is 0. The number of methoxy groups -OCH3 is 1. The van der Waals surface area contributed by atoms with E-state index >= 15 is 0 Å². The average molecular weight is 292 g/mol. The molecular weight excluding hydrogens is 268 g/mol. The third-order valence-corrected chi connectivity index (χ3v) is 3.46. The van der Waals surface area contributed by atoms with Crippen LogP contribution in [0.15, 0.2) is 24.3 Å². The minimum absolute atomic E-state index is 0.0242. The summed E-state index contributed by atoms with van der Waals surface area (Å²) in [7, 11) is 1.32. The highest BCUT2D eigenvalue weighted by molar-refractivity contribution is 5.96. The molecule has 21 heavy (non-hydrogen) atoms. The molecule has 0 unspecified atom stereocenters. The normalized spacial score (nSPS) is 10.1. The Bertz CT molecular complexity index is 467. The summed E-state index contributed by atoms with van der Waals surface area (Å²) in [5.74, 6) is -0.570. The van der Waals surface area contributed by atoms with Gasteiger partial charge in [-0.25, -0.2) is 0 Å². The van der Waals surface area contributed by atoms with E-state index in [1.807, 2.05) is 19.1 Å². The second kappa shape index (κ2) is 8.29. The molecule has 1 aromatic carbocycles. The van der Waals surface area contributed by atoms with E-state index < -0.39 is 5.97 Å². The van der Waals surface area contributed by atoms with Gasteiger partial charge in [0.15, 0.2) is 0 Å². The van der Waals surface area contributed by atoms with E-state index in [9.17, 15) is 9.59 Å². The number of carbonyl (C=O) groups excluding carboxylic acids is 2. The minimum atomic E-state index is -0.412. The second-order valence-corrected chi connectivity index (χ2v) is 4.61. The Kier molecular flexibility index (Phi) is 6.72. The molecule has 0 heterocycles. The van der Waals surface area contributed by atoms with Gasteiger partial charge in [0.1, 0.15) is 6.54 Å². The van der Waals surface area contributed by atoms with Crippen molar-refractivity contribution in [1.82, 2.24) is 4.90 Å². The Labute approximate surface area is 126 Å². The van der Waals surface area contributed by atoms with Gasteiger partial charge in [-0.3, -0.25) is 9.59 Å². The van der Waals surface area contributed by atoms with Crippen LogP contribution < -0.4 is 4.90 Å². The summed E-state index contributed by atoms with van der Waals surface area (Å²) >= 11 is 0. The summed E-state index contributed by atoms with van der Waals surface area (Å²) in [5.41, 5.74) is 1.67. The lowest BCUT2D eigenvalue weighted by atomic mass is 10.1. The van der Waals surface area contributed by atoms with Crippen LogP contribution in [0.25, 0.3) is 0 Å². The molecule has 1 amide bonds. The van der Waals surface area contributed by atoms with E-state index in [0.717, 1.165) is 18.8 Å². The third kappa shape index (κ3) is 4.48. The van der Waals surface area contributed by atoms with Gasteiger partial charge in [-0.2, -0.15) is 0 Å². The number of hydrogen-bond donors (Lipinski definition) is 0. The van der Waals surface area contributed by atoms with Crippen molar-refractivity contribution < 1.29 is 14.3 Å². The zero-order valence-corrected chi connectivity index (χ0v) is 13.3. The first-order chi connectivity index (χ1) is 10.1. The van der Waals surface area contributed by atoms with E-state index in [1.165, 1.54) is 12.0 Å². The minimum Gasteiger partial charge on any atom is -0.468 e. The first-order valence-corrected chi connectivity index (χ1v) is 7.28. The third-order valence-electron chi connectivity index (χ3n) is 3.46. The summed E-state index contributed by atoms with van der Waals surface area (Å²) in [6.45, 7) is 8.32. The van der Waals surface area contributed by atoms with Crippen LogP contribution in [0.4, 0.5) is 5.69 Å². The number of carbonyl (C=O) groups is 2. The highest BCUT2D eigenvalue weighted by atomic mass is 16.5. The number of benzene rings is 1. The van der Waals surface area contributed by atoms with Gasteiger partial charge in [-0.1, -0.05) is 0 Å². The monoisotopic (exact) mass is 292 g/mol. The van der Waals surface area contributed by atoms with Crippen LogP contribution in [-0.4, -0.2) is 50.1 Å². The van der Waals surface area contributed by atoms with E-state index in [0.29, 0.717) is 12.1 Å². The molecule has 0 aromatic heterocycles. The lowest BCUT2D eigenvalue weighted by Gasteiger charge is -2.22. The van der Waals surface area contributed by atoms with Gasteiger partial charge < -0.3 is 14.5 Å². The highest BCUT2D eigenvalue weighted by Crippen LogP contribution is 2.16. The van der Waals surface area contributed by atoms with Crippen molar-refractivity contribution in [3.8, 4) is 0 Å². The van der Waals surface area contributed by atoms with Crippen LogP contribution in [0, 0.1) is 0 Å². The molecule has 1 aromatic rings. The van der Waals surface area contributed by atoms with Crippen LogP contribution >= 0.6 is 0 Å². The standard InChI is InChI=1S/C16H24N2O3/c1-5-17(6-2)14-10-8-13(9-11-14)16(20)18(7-3)12-15(19)21-4/h8-11H,5-7,12H2,1-4H3. The molecule has 0 saturated heterocycles. The quantitative estimate of drug-likeness (QED) is 0.723. The van der Waals surface area contributed by atoms with Crippen LogP contribution in [0.1, 0.15) is 31.1 Å². The summed E-state index contributed by atoms with van der Waals surface area (Å²) in [4.78, 5) is 27.3. The number of likely N-dealkylation sites (N-methyl/N-ethyl adjacent to an activating group) is 1. The average Bonchev–Trinajstić information content (AvgIpc) is 2.53. The maximum absolute atomic E-state index is 12.4. The largest absolute Gasteiger partial charge is 0.468 e. The maximum Gasteiger partial charge on any atom is 0.325 e. The molecule has 0 atom stereocenters. The number of ether oxygens (including phenoxy) is 1. The second-order valence-electron chi connectivity index (χ2n) is 4.61. The molecule has 0 aliphatic carbocycles. The highest BCUT2D eigenvalue weighted by Gasteiger charge is 2.17. The molecule has 1 rings (SSSR count). The Morgan fingerprint density at radius 1 is 1.00 bits per heavy atom. The smallest absolute Gasteiger partial charge is 0.325 e. The fraction of sp³-hybridized carbons (Fsp3) is 0.500. The van der Waals surface area contributed by atoms with Gasteiger partial charge in [-0.05, 0) is 45.0 Å². The fourth-order valence-electron chi connectivity index (χ4n) is 2.13. The van der Waals surface area contributed by atoms with Crippen LogP contribution in [0.2, 0.25) is 0 Å². The van der Waals surface area contributed by atoms with Crippen LogP contribution in [-0.2, 0) is 9.53 Å². The van der Waals surface area contributed by atoms with Gasteiger partial charge >= 0.3 is 5.97 Å². The van der Waals surface area contributed by atoms with Crippen molar-refractivity contribution >= 4 is 17.6 Å². The molecule has 0 aliphatic rings. The van der Waals surface area contributed by atoms with Gasteiger partial charge in [0.05, 0.1) is 7.11 Å². The van der Waals surface area contributed by atoms with Crippen molar-refractivity contribution in [2.75, 3.05) is 38.2 Å². The summed E-state index contributed by atoms with van der Waals surface area (Å²) < 4.78 is 4.61. The molecule has 0 aliphatic heterocycles. The van der Waals surface area contributed by atoms with Crippen LogP contribution in [0.5, 0.6) is 0 Å². The number of hydrogen-bond acceptors (Lipinski definition) is 4. The van der Waals surface area contributed by atoms with Gasteiger partial charge in [-0.15, -0.1) is 0 Å². The van der Waals surface area contributed by atoms with Crippen LogP contribution in [0.3, 0.4) is 0 Å². The number of nitrogens with zero attached hydrogens (tertiary/aromatic N) is 2. The summed E-state index contributed by atoms with van der Waals surface area (Å²) in [6, 6.07) is 7.48. The number of anilines is 1. The Balaban J connectivity index is 2.84. The van der Waals surface area contributed by atoms with Crippen molar-refractivity contribution in [3.63, 3.8) is 0 Å². The number of esters is 1. The van der Waals surface area contributed by atoms with Gasteiger partial charge in [0.25, 0.3) is 5.91 Å². The molecule has 5 nitrogen and oxygen atoms in total. The molecule has 0 N–H and O–H groups in total. The molecule has 116 valence electrons.